The SMILES string of the molecule is Fc1ccc(Br)c(Cl)c1-c1nc2ccncc2[nH]1. The van der Waals surface area contributed by atoms with Crippen LogP contribution in [0, 0.1) is 5.82 Å². The van der Waals surface area contributed by atoms with E-state index in [4.69, 9.17) is 11.6 Å². The summed E-state index contributed by atoms with van der Waals surface area (Å²) in [7, 11) is 0. The summed E-state index contributed by atoms with van der Waals surface area (Å²) in [5.41, 5.74) is 1.71. The van der Waals surface area contributed by atoms with Gasteiger partial charge in [0.1, 0.15) is 11.6 Å². The van der Waals surface area contributed by atoms with Crippen molar-refractivity contribution in [2.75, 3.05) is 0 Å². The zero-order valence-electron chi connectivity index (χ0n) is 8.92. The number of H-pyrrole nitrogens is 1. The molecular formula is C12H6BrClFN3. The fourth-order valence-electron chi connectivity index (χ4n) is 1.72. The van der Waals surface area contributed by atoms with Gasteiger partial charge in [-0.25, -0.2) is 9.37 Å². The van der Waals surface area contributed by atoms with Gasteiger partial charge in [-0.05, 0) is 34.1 Å². The number of pyridine rings is 1. The van der Waals surface area contributed by atoms with E-state index < -0.39 is 5.82 Å². The third-order valence-corrected chi connectivity index (χ3v) is 3.85. The van der Waals surface area contributed by atoms with Gasteiger partial charge in [0.25, 0.3) is 0 Å². The first-order valence-corrected chi connectivity index (χ1v) is 6.27. The summed E-state index contributed by atoms with van der Waals surface area (Å²) in [6.45, 7) is 0. The van der Waals surface area contributed by atoms with Crippen LogP contribution in [0.5, 0.6) is 0 Å². The van der Waals surface area contributed by atoms with Crippen molar-refractivity contribution in [3.8, 4) is 11.4 Å². The van der Waals surface area contributed by atoms with Gasteiger partial charge in [-0.2, -0.15) is 0 Å². The Morgan fingerprint density at radius 2 is 2.11 bits per heavy atom. The van der Waals surface area contributed by atoms with Crippen LogP contribution in [0.2, 0.25) is 5.02 Å². The molecule has 2 aromatic heterocycles. The lowest BCUT2D eigenvalue weighted by atomic mass is 10.2. The first-order chi connectivity index (χ1) is 8.66. The average Bonchev–Trinajstić information content (AvgIpc) is 2.77. The molecular weight excluding hydrogens is 321 g/mol. The lowest BCUT2D eigenvalue weighted by Gasteiger charge is -2.04. The van der Waals surface area contributed by atoms with Gasteiger partial charge in [-0.15, -0.1) is 0 Å². The first kappa shape index (κ1) is 11.6. The molecule has 3 aromatic rings. The summed E-state index contributed by atoms with van der Waals surface area (Å²) in [4.78, 5) is 11.3. The molecule has 3 rings (SSSR count). The molecule has 0 aliphatic heterocycles. The van der Waals surface area contributed by atoms with Crippen LogP contribution in [-0.4, -0.2) is 15.0 Å². The minimum Gasteiger partial charge on any atom is -0.337 e. The molecule has 0 spiro atoms. The van der Waals surface area contributed by atoms with Crippen LogP contribution in [-0.2, 0) is 0 Å². The van der Waals surface area contributed by atoms with Crippen LogP contribution in [0.4, 0.5) is 4.39 Å². The van der Waals surface area contributed by atoms with Crippen molar-refractivity contribution >= 4 is 38.6 Å². The van der Waals surface area contributed by atoms with Gasteiger partial charge in [-0.1, -0.05) is 11.6 Å². The van der Waals surface area contributed by atoms with Crippen LogP contribution < -0.4 is 0 Å². The van der Waals surface area contributed by atoms with E-state index in [1.54, 1.807) is 24.5 Å². The van der Waals surface area contributed by atoms with E-state index in [1.165, 1.54) is 6.07 Å². The third kappa shape index (κ3) is 1.79. The average molecular weight is 327 g/mol. The number of nitrogens with one attached hydrogen (secondary N) is 1. The highest BCUT2D eigenvalue weighted by atomic mass is 79.9. The van der Waals surface area contributed by atoms with Crippen LogP contribution in [0.3, 0.4) is 0 Å². The first-order valence-electron chi connectivity index (χ1n) is 5.10. The maximum Gasteiger partial charge on any atom is 0.143 e. The Morgan fingerprint density at radius 1 is 1.28 bits per heavy atom. The summed E-state index contributed by atoms with van der Waals surface area (Å²) >= 11 is 9.37. The molecule has 1 N–H and O–H groups in total. The molecule has 0 radical (unpaired) electrons. The number of nitrogens with zero attached hydrogens (tertiary/aromatic N) is 2. The number of benzene rings is 1. The Kier molecular flexibility index (Phi) is 2.80. The normalized spacial score (nSPS) is 11.1. The molecule has 0 unspecified atom stereocenters. The lowest BCUT2D eigenvalue weighted by molar-refractivity contribution is 0.630. The number of halogens is 3. The Labute approximate surface area is 115 Å². The number of rotatable bonds is 1. The molecule has 0 atom stereocenters. The van der Waals surface area contributed by atoms with Gasteiger partial charge in [0, 0.05) is 10.7 Å². The van der Waals surface area contributed by atoms with Gasteiger partial charge in [-0.3, -0.25) is 4.98 Å². The smallest absolute Gasteiger partial charge is 0.143 e. The highest BCUT2D eigenvalue weighted by molar-refractivity contribution is 9.10. The molecule has 90 valence electrons. The summed E-state index contributed by atoms with van der Waals surface area (Å²) in [6.07, 6.45) is 3.27. The molecule has 0 aliphatic rings. The molecule has 2 heterocycles. The van der Waals surface area contributed by atoms with E-state index in [0.717, 1.165) is 11.0 Å². The molecule has 0 bridgehead atoms. The Hall–Kier alpha value is -1.46. The quantitative estimate of drug-likeness (QED) is 0.682. The molecule has 18 heavy (non-hydrogen) atoms. The summed E-state index contributed by atoms with van der Waals surface area (Å²) in [6, 6.07) is 4.65. The van der Waals surface area contributed by atoms with Gasteiger partial charge in [0.15, 0.2) is 0 Å². The molecule has 1 aromatic carbocycles. The predicted octanol–water partition coefficient (Wildman–Crippen LogP) is 4.18. The number of imidazole rings is 1. The molecule has 0 saturated carbocycles. The van der Waals surface area contributed by atoms with Crippen molar-refractivity contribution in [2.24, 2.45) is 0 Å². The largest absolute Gasteiger partial charge is 0.337 e. The number of hydrogen-bond acceptors (Lipinski definition) is 2. The van der Waals surface area contributed by atoms with E-state index in [9.17, 15) is 4.39 Å². The number of fused-ring (bicyclic) bond motifs is 1. The zero-order valence-corrected chi connectivity index (χ0v) is 11.3. The summed E-state index contributed by atoms with van der Waals surface area (Å²) in [5.74, 6) is -0.0305. The highest BCUT2D eigenvalue weighted by Crippen LogP contribution is 2.35. The van der Waals surface area contributed by atoms with E-state index >= 15 is 0 Å². The molecule has 0 aliphatic carbocycles. The van der Waals surface area contributed by atoms with Gasteiger partial charge in [0.05, 0.1) is 27.8 Å². The Balaban J connectivity index is 2.29. The fraction of sp³-hybridized carbons (Fsp3) is 0. The molecule has 0 amide bonds. The van der Waals surface area contributed by atoms with Crippen molar-refractivity contribution in [2.45, 2.75) is 0 Å². The number of aromatic nitrogens is 3. The van der Waals surface area contributed by atoms with Crippen molar-refractivity contribution in [1.29, 1.82) is 0 Å². The maximum absolute atomic E-state index is 13.9. The summed E-state index contributed by atoms with van der Waals surface area (Å²) < 4.78 is 14.5. The lowest BCUT2D eigenvalue weighted by Crippen LogP contribution is -1.89. The highest BCUT2D eigenvalue weighted by Gasteiger charge is 2.16. The molecule has 6 heteroatoms. The van der Waals surface area contributed by atoms with E-state index in [0.29, 0.717) is 15.3 Å². The van der Waals surface area contributed by atoms with Crippen LogP contribution in [0.25, 0.3) is 22.4 Å². The van der Waals surface area contributed by atoms with Crippen molar-refractivity contribution in [3.63, 3.8) is 0 Å². The fourth-order valence-corrected chi connectivity index (χ4v) is 2.29. The number of hydrogen-bond donors (Lipinski definition) is 1. The van der Waals surface area contributed by atoms with Crippen molar-refractivity contribution in [1.82, 2.24) is 15.0 Å². The standard InChI is InChI=1S/C12H6BrClFN3/c13-6-1-2-7(15)10(11(6)14)12-17-8-3-4-16-5-9(8)18-12/h1-5H,(H,17,18). The number of aromatic amines is 1. The van der Waals surface area contributed by atoms with Crippen LogP contribution in [0.15, 0.2) is 35.1 Å². The van der Waals surface area contributed by atoms with Crippen molar-refractivity contribution in [3.05, 3.63) is 45.9 Å². The van der Waals surface area contributed by atoms with Crippen molar-refractivity contribution < 1.29 is 4.39 Å². The molecule has 3 nitrogen and oxygen atoms in total. The van der Waals surface area contributed by atoms with Gasteiger partial charge < -0.3 is 4.98 Å². The third-order valence-electron chi connectivity index (χ3n) is 2.56. The van der Waals surface area contributed by atoms with E-state index in [2.05, 4.69) is 30.9 Å². The van der Waals surface area contributed by atoms with Crippen LogP contribution >= 0.6 is 27.5 Å². The summed E-state index contributed by atoms with van der Waals surface area (Å²) in [5, 5.41) is 0.294. The zero-order chi connectivity index (χ0) is 12.7. The monoisotopic (exact) mass is 325 g/mol. The Morgan fingerprint density at radius 3 is 2.89 bits per heavy atom. The van der Waals surface area contributed by atoms with Crippen LogP contribution in [0.1, 0.15) is 0 Å². The molecule has 0 fully saturated rings. The van der Waals surface area contributed by atoms with Gasteiger partial charge >= 0.3 is 0 Å². The Bertz CT molecular complexity index is 708. The van der Waals surface area contributed by atoms with Gasteiger partial charge in [0.2, 0.25) is 0 Å². The second-order valence-corrected chi connectivity index (χ2v) is 4.93. The minimum absolute atomic E-state index is 0.252. The molecule has 0 saturated heterocycles. The van der Waals surface area contributed by atoms with E-state index in [-0.39, 0.29) is 5.56 Å². The second kappa shape index (κ2) is 4.33. The topological polar surface area (TPSA) is 41.6 Å². The second-order valence-electron chi connectivity index (χ2n) is 3.70. The van der Waals surface area contributed by atoms with E-state index in [1.807, 2.05) is 0 Å². The minimum atomic E-state index is -0.421. The maximum atomic E-state index is 13.9. The predicted molar refractivity (Wildman–Crippen MR) is 72.0 cm³/mol.